The predicted molar refractivity (Wildman–Crippen MR) is 97.4 cm³/mol. The molecule has 23 heavy (non-hydrogen) atoms. The second-order valence-corrected chi connectivity index (χ2v) is 9.81. The first-order chi connectivity index (χ1) is 10.6. The molecular formula is C16H26N2O3S2. The van der Waals surface area contributed by atoms with Gasteiger partial charge in [0, 0.05) is 23.5 Å². The molecule has 0 atom stereocenters. The standard InChI is InChI=1S/C16H26N2O3S2/c1-6-18(7-2)23(20,21)14-10-8-9-13(11-14)17-15(19)12-22-16(3,4)5/h8-11H,6-7,12H2,1-5H3,(H,17,19). The number of carbonyl (C=O) groups is 1. The molecular weight excluding hydrogens is 332 g/mol. The number of nitrogens with zero attached hydrogens (tertiary/aromatic N) is 1. The van der Waals surface area contributed by atoms with E-state index in [4.69, 9.17) is 0 Å². The predicted octanol–water partition coefficient (Wildman–Crippen LogP) is 3.19. The molecule has 0 aliphatic heterocycles. The minimum Gasteiger partial charge on any atom is -0.325 e. The zero-order valence-corrected chi connectivity index (χ0v) is 16.1. The SMILES string of the molecule is CCN(CC)S(=O)(=O)c1cccc(NC(=O)CSC(C)(C)C)c1. The van der Waals surface area contributed by atoms with Crippen LogP contribution in [0.25, 0.3) is 0 Å². The van der Waals surface area contributed by atoms with Crippen LogP contribution in [0.4, 0.5) is 5.69 Å². The third-order valence-corrected chi connectivity index (χ3v) is 6.42. The fourth-order valence-corrected chi connectivity index (χ4v) is 4.07. The average molecular weight is 359 g/mol. The topological polar surface area (TPSA) is 66.5 Å². The van der Waals surface area contributed by atoms with Crippen molar-refractivity contribution in [3.05, 3.63) is 24.3 Å². The Bertz CT molecular complexity index is 633. The highest BCUT2D eigenvalue weighted by Crippen LogP contribution is 2.24. The van der Waals surface area contributed by atoms with Crippen molar-refractivity contribution in [2.45, 2.75) is 44.3 Å². The lowest BCUT2D eigenvalue weighted by atomic mass is 10.3. The third kappa shape index (κ3) is 6.16. The smallest absolute Gasteiger partial charge is 0.243 e. The van der Waals surface area contributed by atoms with E-state index in [0.717, 1.165) is 0 Å². The fraction of sp³-hybridized carbons (Fsp3) is 0.562. The number of nitrogens with one attached hydrogen (secondary N) is 1. The van der Waals surface area contributed by atoms with Crippen LogP contribution in [0.15, 0.2) is 29.2 Å². The molecule has 5 nitrogen and oxygen atoms in total. The Kier molecular flexibility index (Phi) is 7.10. The summed E-state index contributed by atoms with van der Waals surface area (Å²) < 4.78 is 26.4. The van der Waals surface area contributed by atoms with Gasteiger partial charge in [0.25, 0.3) is 0 Å². The average Bonchev–Trinajstić information content (AvgIpc) is 2.46. The van der Waals surface area contributed by atoms with Crippen molar-refractivity contribution in [2.24, 2.45) is 0 Å². The Morgan fingerprint density at radius 3 is 2.35 bits per heavy atom. The number of hydrogen-bond acceptors (Lipinski definition) is 4. The van der Waals surface area contributed by atoms with Crippen molar-refractivity contribution < 1.29 is 13.2 Å². The van der Waals surface area contributed by atoms with Gasteiger partial charge in [-0.25, -0.2) is 8.42 Å². The van der Waals surface area contributed by atoms with Crippen LogP contribution in [0.2, 0.25) is 0 Å². The Morgan fingerprint density at radius 1 is 1.22 bits per heavy atom. The van der Waals surface area contributed by atoms with Crippen molar-refractivity contribution in [1.82, 2.24) is 4.31 Å². The second kappa shape index (κ2) is 8.17. The molecule has 130 valence electrons. The normalized spacial score (nSPS) is 12.4. The largest absolute Gasteiger partial charge is 0.325 e. The number of thioether (sulfide) groups is 1. The van der Waals surface area contributed by atoms with Gasteiger partial charge >= 0.3 is 0 Å². The van der Waals surface area contributed by atoms with Gasteiger partial charge in [-0.05, 0) is 18.2 Å². The van der Waals surface area contributed by atoms with E-state index in [-0.39, 0.29) is 15.5 Å². The van der Waals surface area contributed by atoms with Gasteiger partial charge in [0.2, 0.25) is 15.9 Å². The van der Waals surface area contributed by atoms with Gasteiger partial charge in [0.15, 0.2) is 0 Å². The molecule has 0 unspecified atom stereocenters. The number of amides is 1. The first-order valence-corrected chi connectivity index (χ1v) is 10.1. The number of anilines is 1. The second-order valence-electron chi connectivity index (χ2n) is 6.07. The van der Waals surface area contributed by atoms with E-state index in [2.05, 4.69) is 5.32 Å². The van der Waals surface area contributed by atoms with Crippen LogP contribution >= 0.6 is 11.8 Å². The number of sulfonamides is 1. The van der Waals surface area contributed by atoms with E-state index in [0.29, 0.717) is 24.5 Å². The molecule has 0 aromatic heterocycles. The van der Waals surface area contributed by atoms with E-state index in [1.807, 2.05) is 20.8 Å². The minimum atomic E-state index is -3.52. The summed E-state index contributed by atoms with van der Waals surface area (Å²) in [6.07, 6.45) is 0. The molecule has 0 aliphatic rings. The Balaban J connectivity index is 2.87. The summed E-state index contributed by atoms with van der Waals surface area (Å²) in [5.41, 5.74) is 0.498. The highest BCUT2D eigenvalue weighted by Gasteiger charge is 2.22. The molecule has 0 spiro atoms. The van der Waals surface area contributed by atoms with E-state index >= 15 is 0 Å². The van der Waals surface area contributed by atoms with Gasteiger partial charge in [-0.15, -0.1) is 11.8 Å². The lowest BCUT2D eigenvalue weighted by molar-refractivity contribution is -0.113. The van der Waals surface area contributed by atoms with Crippen molar-refractivity contribution in [1.29, 1.82) is 0 Å². The number of hydrogen-bond donors (Lipinski definition) is 1. The maximum absolute atomic E-state index is 12.5. The lowest BCUT2D eigenvalue weighted by Crippen LogP contribution is -2.30. The number of benzene rings is 1. The van der Waals surface area contributed by atoms with Gasteiger partial charge in [-0.3, -0.25) is 4.79 Å². The van der Waals surface area contributed by atoms with E-state index in [1.54, 1.807) is 43.8 Å². The zero-order valence-electron chi connectivity index (χ0n) is 14.4. The monoisotopic (exact) mass is 358 g/mol. The first kappa shape index (κ1) is 20.0. The minimum absolute atomic E-state index is 0.00524. The van der Waals surface area contributed by atoms with Crippen LogP contribution in [0.1, 0.15) is 34.6 Å². The molecule has 0 saturated heterocycles. The molecule has 0 fully saturated rings. The lowest BCUT2D eigenvalue weighted by Gasteiger charge is -2.19. The summed E-state index contributed by atoms with van der Waals surface area (Å²) in [5, 5.41) is 2.76. The third-order valence-electron chi connectivity index (χ3n) is 3.10. The van der Waals surface area contributed by atoms with Crippen molar-refractivity contribution in [3.63, 3.8) is 0 Å². The zero-order chi connectivity index (χ0) is 17.7. The summed E-state index contributed by atoms with van der Waals surface area (Å²) in [5.74, 6) is 0.193. The van der Waals surface area contributed by atoms with Crippen LogP contribution in [0.5, 0.6) is 0 Å². The summed E-state index contributed by atoms with van der Waals surface area (Å²) in [6, 6.07) is 6.39. The fourth-order valence-electron chi connectivity index (χ4n) is 1.93. The van der Waals surface area contributed by atoms with Gasteiger partial charge in [-0.2, -0.15) is 4.31 Å². The number of carbonyl (C=O) groups excluding carboxylic acids is 1. The van der Waals surface area contributed by atoms with E-state index < -0.39 is 10.0 Å². The van der Waals surface area contributed by atoms with Crippen LogP contribution in [0.3, 0.4) is 0 Å². The molecule has 1 rings (SSSR count). The van der Waals surface area contributed by atoms with Crippen LogP contribution < -0.4 is 5.32 Å². The van der Waals surface area contributed by atoms with Gasteiger partial charge in [-0.1, -0.05) is 40.7 Å². The van der Waals surface area contributed by atoms with Crippen molar-refractivity contribution in [2.75, 3.05) is 24.2 Å². The molecule has 0 bridgehead atoms. The molecule has 0 radical (unpaired) electrons. The Hall–Kier alpha value is -1.05. The number of rotatable bonds is 7. The van der Waals surface area contributed by atoms with Crippen LogP contribution in [-0.4, -0.2) is 42.2 Å². The summed E-state index contributed by atoms with van der Waals surface area (Å²) in [4.78, 5) is 12.2. The molecule has 1 aromatic rings. The maximum Gasteiger partial charge on any atom is 0.243 e. The maximum atomic E-state index is 12.5. The van der Waals surface area contributed by atoms with Crippen LogP contribution in [-0.2, 0) is 14.8 Å². The molecule has 7 heteroatoms. The van der Waals surface area contributed by atoms with E-state index in [9.17, 15) is 13.2 Å². The molecule has 1 aromatic carbocycles. The highest BCUT2D eigenvalue weighted by molar-refractivity contribution is 8.01. The highest BCUT2D eigenvalue weighted by atomic mass is 32.2. The van der Waals surface area contributed by atoms with Crippen molar-refractivity contribution in [3.8, 4) is 0 Å². The molecule has 0 saturated carbocycles. The summed E-state index contributed by atoms with van der Waals surface area (Å²) in [6.45, 7) is 10.6. The van der Waals surface area contributed by atoms with E-state index in [1.165, 1.54) is 10.4 Å². The van der Waals surface area contributed by atoms with Crippen molar-refractivity contribution >= 4 is 33.4 Å². The summed E-state index contributed by atoms with van der Waals surface area (Å²) >= 11 is 1.54. The molecule has 1 N–H and O–H groups in total. The Labute approximate surface area is 143 Å². The first-order valence-electron chi connectivity index (χ1n) is 7.64. The van der Waals surface area contributed by atoms with Crippen LogP contribution in [0, 0.1) is 0 Å². The molecule has 0 heterocycles. The molecule has 0 aliphatic carbocycles. The van der Waals surface area contributed by atoms with Gasteiger partial charge in [0.1, 0.15) is 0 Å². The van der Waals surface area contributed by atoms with Gasteiger partial charge in [0.05, 0.1) is 10.6 Å². The van der Waals surface area contributed by atoms with Gasteiger partial charge < -0.3 is 5.32 Å². The molecule has 1 amide bonds. The Morgan fingerprint density at radius 2 is 1.83 bits per heavy atom. The summed E-state index contributed by atoms with van der Waals surface area (Å²) in [7, 11) is -3.52. The quantitative estimate of drug-likeness (QED) is 0.813.